The number of hydrogen-bond acceptors (Lipinski definition) is 2. The highest BCUT2D eigenvalue weighted by Gasteiger charge is 2.48. The molecule has 1 amide bonds. The van der Waals surface area contributed by atoms with Crippen LogP contribution in [-0.4, -0.2) is 19.1 Å². The minimum atomic E-state index is -4.43. The Balaban J connectivity index is 1.81. The molecule has 23 heavy (non-hydrogen) atoms. The molecule has 2 fully saturated rings. The fourth-order valence-corrected chi connectivity index (χ4v) is 3.24. The van der Waals surface area contributed by atoms with Crippen LogP contribution >= 0.6 is 11.6 Å². The van der Waals surface area contributed by atoms with Crippen molar-refractivity contribution in [1.82, 2.24) is 5.32 Å². The molecule has 3 rings (SSSR count). The largest absolute Gasteiger partial charge is 0.416 e. The second kappa shape index (κ2) is 5.98. The summed E-state index contributed by atoms with van der Waals surface area (Å²) in [6, 6.07) is 3.25. The van der Waals surface area contributed by atoms with Gasteiger partial charge < -0.3 is 10.1 Å². The van der Waals surface area contributed by atoms with E-state index in [1.165, 1.54) is 6.07 Å². The van der Waals surface area contributed by atoms with Crippen LogP contribution in [0.3, 0.4) is 0 Å². The zero-order chi connectivity index (χ0) is 16.7. The summed E-state index contributed by atoms with van der Waals surface area (Å²) in [6.07, 6.45) is -1.70. The molecule has 1 aliphatic heterocycles. The summed E-state index contributed by atoms with van der Waals surface area (Å²) in [5.74, 6) is -0.415. The van der Waals surface area contributed by atoms with E-state index in [-0.39, 0.29) is 16.8 Å². The van der Waals surface area contributed by atoms with Crippen LogP contribution in [0.25, 0.3) is 0 Å². The van der Waals surface area contributed by atoms with E-state index in [1.54, 1.807) is 0 Å². The van der Waals surface area contributed by atoms with Crippen molar-refractivity contribution in [3.05, 3.63) is 34.3 Å². The Morgan fingerprint density at radius 1 is 1.35 bits per heavy atom. The molecular formula is C16H17ClF3NO2. The maximum atomic E-state index is 12.9. The van der Waals surface area contributed by atoms with Crippen LogP contribution in [-0.2, 0) is 21.2 Å². The minimum absolute atomic E-state index is 0.171. The van der Waals surface area contributed by atoms with Gasteiger partial charge in [0, 0.05) is 11.6 Å². The molecule has 2 aliphatic rings. The lowest BCUT2D eigenvalue weighted by molar-refractivity contribution is -0.137. The van der Waals surface area contributed by atoms with E-state index in [4.69, 9.17) is 16.3 Å². The van der Waals surface area contributed by atoms with Crippen molar-refractivity contribution < 1.29 is 22.7 Å². The number of carbonyl (C=O) groups is 1. The van der Waals surface area contributed by atoms with Crippen molar-refractivity contribution in [3.8, 4) is 0 Å². The van der Waals surface area contributed by atoms with E-state index in [2.05, 4.69) is 5.32 Å². The first-order valence-electron chi connectivity index (χ1n) is 7.59. The Kier molecular flexibility index (Phi) is 4.31. The highest BCUT2D eigenvalue weighted by Crippen LogP contribution is 2.49. The summed E-state index contributed by atoms with van der Waals surface area (Å²) in [5.41, 5.74) is -1.18. The number of amides is 1. The van der Waals surface area contributed by atoms with E-state index < -0.39 is 17.3 Å². The molecule has 1 aromatic carbocycles. The standard InChI is InChI=1S/C16H17ClF3NO2/c17-13-4-3-11(16(18,19)20)8-12(13)15(5-6-15)21-14(22)10-2-1-7-23-9-10/h3-4,8,10H,1-2,5-7,9H2,(H,21,22). The number of hydrogen-bond donors (Lipinski definition) is 1. The number of nitrogens with one attached hydrogen (secondary N) is 1. The normalized spacial score (nSPS) is 23.4. The molecule has 1 N–H and O–H groups in total. The van der Waals surface area contributed by atoms with Gasteiger partial charge in [-0.15, -0.1) is 0 Å². The lowest BCUT2D eigenvalue weighted by atomic mass is 9.97. The van der Waals surface area contributed by atoms with Crippen LogP contribution in [0.15, 0.2) is 18.2 Å². The highest BCUT2D eigenvalue weighted by molar-refractivity contribution is 6.31. The maximum Gasteiger partial charge on any atom is 0.416 e. The van der Waals surface area contributed by atoms with Gasteiger partial charge in [0.2, 0.25) is 5.91 Å². The van der Waals surface area contributed by atoms with E-state index in [9.17, 15) is 18.0 Å². The van der Waals surface area contributed by atoms with Gasteiger partial charge in [-0.25, -0.2) is 0 Å². The zero-order valence-electron chi connectivity index (χ0n) is 12.4. The molecule has 1 aromatic rings. The first-order chi connectivity index (χ1) is 10.8. The fraction of sp³-hybridized carbons (Fsp3) is 0.562. The van der Waals surface area contributed by atoms with Crippen LogP contribution in [0.1, 0.15) is 36.8 Å². The van der Waals surface area contributed by atoms with Gasteiger partial charge in [-0.3, -0.25) is 4.79 Å². The van der Waals surface area contributed by atoms with Gasteiger partial charge in [-0.1, -0.05) is 11.6 Å². The van der Waals surface area contributed by atoms with Crippen LogP contribution in [0, 0.1) is 5.92 Å². The monoisotopic (exact) mass is 347 g/mol. The van der Waals surface area contributed by atoms with Gasteiger partial charge in [-0.2, -0.15) is 13.2 Å². The number of halogens is 4. The number of rotatable bonds is 3. The Bertz CT molecular complexity index is 608. The first-order valence-corrected chi connectivity index (χ1v) is 7.97. The van der Waals surface area contributed by atoms with Gasteiger partial charge in [0.1, 0.15) is 0 Å². The molecule has 0 radical (unpaired) electrons. The second-order valence-electron chi connectivity index (χ2n) is 6.18. The number of carbonyl (C=O) groups excluding carboxylic acids is 1. The second-order valence-corrected chi connectivity index (χ2v) is 6.59. The van der Waals surface area contributed by atoms with Crippen LogP contribution in [0.2, 0.25) is 5.02 Å². The summed E-state index contributed by atoms with van der Waals surface area (Å²) in [4.78, 5) is 12.4. The Morgan fingerprint density at radius 2 is 2.09 bits per heavy atom. The Hall–Kier alpha value is -1.27. The summed E-state index contributed by atoms with van der Waals surface area (Å²) >= 11 is 6.10. The van der Waals surface area contributed by atoms with Crippen molar-refractivity contribution in [1.29, 1.82) is 0 Å². The summed E-state index contributed by atoms with van der Waals surface area (Å²) < 4.78 is 44.0. The first kappa shape index (κ1) is 16.6. The fourth-order valence-electron chi connectivity index (χ4n) is 2.94. The van der Waals surface area contributed by atoms with Crippen LogP contribution < -0.4 is 5.32 Å². The molecule has 0 aromatic heterocycles. The summed E-state index contributed by atoms with van der Waals surface area (Å²) in [7, 11) is 0. The third-order valence-corrected chi connectivity index (χ3v) is 4.78. The van der Waals surface area contributed by atoms with Crippen LogP contribution in [0.4, 0.5) is 13.2 Å². The van der Waals surface area contributed by atoms with E-state index in [0.29, 0.717) is 31.6 Å². The van der Waals surface area contributed by atoms with E-state index >= 15 is 0 Å². The number of alkyl halides is 3. The molecule has 3 nitrogen and oxygen atoms in total. The third kappa shape index (κ3) is 3.48. The Labute approximate surface area is 137 Å². The quantitative estimate of drug-likeness (QED) is 0.900. The van der Waals surface area contributed by atoms with Gasteiger partial charge >= 0.3 is 6.18 Å². The van der Waals surface area contributed by atoms with Crippen molar-refractivity contribution in [2.45, 2.75) is 37.4 Å². The highest BCUT2D eigenvalue weighted by atomic mass is 35.5. The van der Waals surface area contributed by atoms with E-state index in [1.807, 2.05) is 0 Å². The third-order valence-electron chi connectivity index (χ3n) is 4.45. The molecule has 1 heterocycles. The van der Waals surface area contributed by atoms with Gasteiger partial charge in [0.05, 0.1) is 23.6 Å². The molecule has 0 bridgehead atoms. The van der Waals surface area contributed by atoms with Gasteiger partial charge in [-0.05, 0) is 49.4 Å². The molecule has 126 valence electrons. The minimum Gasteiger partial charge on any atom is -0.381 e. The molecule has 0 spiro atoms. The maximum absolute atomic E-state index is 12.9. The Morgan fingerprint density at radius 3 is 2.65 bits per heavy atom. The predicted octanol–water partition coefficient (Wildman–Crippen LogP) is 3.89. The lowest BCUT2D eigenvalue weighted by Gasteiger charge is -2.26. The van der Waals surface area contributed by atoms with Gasteiger partial charge in [0.15, 0.2) is 0 Å². The van der Waals surface area contributed by atoms with Crippen molar-refractivity contribution >= 4 is 17.5 Å². The molecule has 1 atom stereocenters. The average Bonchev–Trinajstić information content (AvgIpc) is 3.28. The van der Waals surface area contributed by atoms with E-state index in [0.717, 1.165) is 25.0 Å². The topological polar surface area (TPSA) is 38.3 Å². The lowest BCUT2D eigenvalue weighted by Crippen LogP contribution is -2.41. The van der Waals surface area contributed by atoms with Gasteiger partial charge in [0.25, 0.3) is 0 Å². The summed E-state index contributed by atoms with van der Waals surface area (Å²) in [5, 5.41) is 3.15. The summed E-state index contributed by atoms with van der Waals surface area (Å²) in [6.45, 7) is 1.01. The molecule has 7 heteroatoms. The van der Waals surface area contributed by atoms with Crippen LogP contribution in [0.5, 0.6) is 0 Å². The average molecular weight is 348 g/mol. The predicted molar refractivity (Wildman–Crippen MR) is 79.1 cm³/mol. The molecule has 1 saturated carbocycles. The molecule has 1 saturated heterocycles. The number of ether oxygens (including phenoxy) is 1. The molecular weight excluding hydrogens is 331 g/mol. The van der Waals surface area contributed by atoms with Crippen molar-refractivity contribution in [2.24, 2.45) is 5.92 Å². The van der Waals surface area contributed by atoms with Crippen molar-refractivity contribution in [3.63, 3.8) is 0 Å². The van der Waals surface area contributed by atoms with Crippen molar-refractivity contribution in [2.75, 3.05) is 13.2 Å². The SMILES string of the molecule is O=C(NC1(c2cc(C(F)(F)F)ccc2Cl)CC1)C1CCCOC1. The molecule has 1 aliphatic carbocycles. The zero-order valence-corrected chi connectivity index (χ0v) is 13.1. The number of benzene rings is 1. The smallest absolute Gasteiger partial charge is 0.381 e. The molecule has 1 unspecified atom stereocenters.